The van der Waals surface area contributed by atoms with Crippen molar-refractivity contribution in [1.29, 1.82) is 0 Å². The van der Waals surface area contributed by atoms with Crippen molar-refractivity contribution in [2.75, 3.05) is 14.2 Å². The van der Waals surface area contributed by atoms with Crippen LogP contribution in [0.4, 0.5) is 0 Å². The molecule has 2 rings (SSSR count). The van der Waals surface area contributed by atoms with Crippen LogP contribution in [0, 0.1) is 0 Å². The number of carbonyl (C=O) groups is 2. The first-order valence-corrected chi connectivity index (χ1v) is 7.01. The largest absolute Gasteiger partial charge is 0.504 e. The second-order valence-corrected chi connectivity index (χ2v) is 4.65. The van der Waals surface area contributed by atoms with Crippen LogP contribution in [0.15, 0.2) is 42.5 Å². The number of carboxylic acids is 1. The molecule has 0 aromatic heterocycles. The van der Waals surface area contributed by atoms with E-state index in [0.29, 0.717) is 28.9 Å². The lowest BCUT2D eigenvalue weighted by Crippen LogP contribution is -1.87. The molecule has 25 heavy (non-hydrogen) atoms. The van der Waals surface area contributed by atoms with Crippen LogP contribution >= 0.6 is 0 Å². The minimum absolute atomic E-state index is 0.0278. The molecule has 0 unspecified atom stereocenters. The Morgan fingerprint density at radius 1 is 0.920 bits per heavy atom. The summed E-state index contributed by atoms with van der Waals surface area (Å²) in [4.78, 5) is 20.5. The highest BCUT2D eigenvalue weighted by atomic mass is 16.5. The lowest BCUT2D eigenvalue weighted by atomic mass is 10.2. The van der Waals surface area contributed by atoms with Gasteiger partial charge in [0.25, 0.3) is 0 Å². The Kier molecular flexibility index (Phi) is 7.52. The molecule has 0 spiro atoms. The van der Waals surface area contributed by atoms with E-state index in [1.54, 1.807) is 12.1 Å². The molecule has 0 saturated heterocycles. The van der Waals surface area contributed by atoms with Crippen LogP contribution in [0.3, 0.4) is 0 Å². The van der Waals surface area contributed by atoms with Crippen LogP contribution in [0.25, 0.3) is 6.08 Å². The molecule has 2 aromatic rings. The quantitative estimate of drug-likeness (QED) is 0.563. The Labute approximate surface area is 144 Å². The normalized spacial score (nSPS) is 9.84. The van der Waals surface area contributed by atoms with Gasteiger partial charge in [0.1, 0.15) is 6.29 Å². The molecule has 0 fully saturated rings. The molecule has 0 saturated carbocycles. The molecule has 7 nitrogen and oxygen atoms in total. The van der Waals surface area contributed by atoms with Gasteiger partial charge in [-0.2, -0.15) is 0 Å². The average molecular weight is 346 g/mol. The summed E-state index contributed by atoms with van der Waals surface area (Å²) in [6.45, 7) is 0. The van der Waals surface area contributed by atoms with Gasteiger partial charge < -0.3 is 24.8 Å². The summed E-state index contributed by atoms with van der Waals surface area (Å²) >= 11 is 0. The van der Waals surface area contributed by atoms with E-state index in [4.69, 9.17) is 19.7 Å². The van der Waals surface area contributed by atoms with E-state index in [0.717, 1.165) is 6.08 Å². The van der Waals surface area contributed by atoms with Gasteiger partial charge in [-0.25, -0.2) is 4.79 Å². The SMILES string of the molecule is COc1cc(C=CC(=O)O)ccc1O.COc1cc(C=O)ccc1O. The smallest absolute Gasteiger partial charge is 0.328 e. The molecular formula is C18H18O7. The number of carboxylic acid groups (broad SMARTS) is 1. The molecule has 0 aliphatic rings. The number of rotatable bonds is 5. The number of aliphatic carboxylic acids is 1. The maximum atomic E-state index is 10.2. The maximum absolute atomic E-state index is 10.2. The average Bonchev–Trinajstić information content (AvgIpc) is 2.62. The van der Waals surface area contributed by atoms with Crippen LogP contribution in [0.2, 0.25) is 0 Å². The summed E-state index contributed by atoms with van der Waals surface area (Å²) in [5.41, 5.74) is 1.14. The third-order valence-electron chi connectivity index (χ3n) is 2.96. The number of benzene rings is 2. The van der Waals surface area contributed by atoms with E-state index in [1.807, 2.05) is 0 Å². The van der Waals surface area contributed by atoms with Crippen molar-refractivity contribution in [2.24, 2.45) is 0 Å². The number of hydrogen-bond donors (Lipinski definition) is 3. The van der Waals surface area contributed by atoms with E-state index >= 15 is 0 Å². The van der Waals surface area contributed by atoms with Crippen LogP contribution < -0.4 is 9.47 Å². The maximum Gasteiger partial charge on any atom is 0.328 e. The summed E-state index contributed by atoms with van der Waals surface area (Å²) in [5.74, 6) is -0.317. The van der Waals surface area contributed by atoms with Crippen LogP contribution in [0.5, 0.6) is 23.0 Å². The number of ether oxygens (including phenoxy) is 2. The second kappa shape index (κ2) is 9.61. The van der Waals surface area contributed by atoms with Crippen LogP contribution in [-0.4, -0.2) is 41.8 Å². The molecule has 7 heteroatoms. The molecule has 0 radical (unpaired) electrons. The third-order valence-corrected chi connectivity index (χ3v) is 2.96. The van der Waals surface area contributed by atoms with E-state index < -0.39 is 5.97 Å². The van der Waals surface area contributed by atoms with E-state index in [1.165, 1.54) is 44.6 Å². The number of phenols is 2. The highest BCUT2D eigenvalue weighted by Gasteiger charge is 2.01. The Bertz CT molecular complexity index is 766. The fraction of sp³-hybridized carbons (Fsp3) is 0.111. The molecule has 0 aliphatic carbocycles. The zero-order valence-electron chi connectivity index (χ0n) is 13.7. The number of carbonyl (C=O) groups excluding carboxylic acids is 1. The zero-order valence-corrected chi connectivity index (χ0v) is 13.7. The number of aromatic hydroxyl groups is 2. The topological polar surface area (TPSA) is 113 Å². The van der Waals surface area contributed by atoms with Crippen LogP contribution in [0.1, 0.15) is 15.9 Å². The predicted molar refractivity (Wildman–Crippen MR) is 91.4 cm³/mol. The lowest BCUT2D eigenvalue weighted by molar-refractivity contribution is -0.131. The highest BCUT2D eigenvalue weighted by Crippen LogP contribution is 2.26. The van der Waals surface area contributed by atoms with Crippen molar-refractivity contribution in [3.63, 3.8) is 0 Å². The molecule has 0 aliphatic heterocycles. The standard InChI is InChI=1S/C10H10O4.C8H8O3/c1-14-9-6-7(2-4-8(9)11)3-5-10(12)13;1-11-8-4-6(5-9)2-3-7(8)10/h2-6,11H,1H3,(H,12,13);2-5,10H,1H3. The fourth-order valence-electron chi connectivity index (χ4n) is 1.73. The van der Waals surface area contributed by atoms with E-state index in [2.05, 4.69) is 0 Å². The van der Waals surface area contributed by atoms with Crippen molar-refractivity contribution in [2.45, 2.75) is 0 Å². The summed E-state index contributed by atoms with van der Waals surface area (Å²) in [7, 11) is 2.86. The second-order valence-electron chi connectivity index (χ2n) is 4.65. The Morgan fingerprint density at radius 2 is 1.40 bits per heavy atom. The van der Waals surface area contributed by atoms with Crippen molar-refractivity contribution in [1.82, 2.24) is 0 Å². The molecule has 0 atom stereocenters. The monoisotopic (exact) mass is 346 g/mol. The summed E-state index contributed by atoms with van der Waals surface area (Å²) in [6.07, 6.45) is 3.14. The van der Waals surface area contributed by atoms with Gasteiger partial charge in [0.15, 0.2) is 23.0 Å². The first-order chi connectivity index (χ1) is 11.9. The van der Waals surface area contributed by atoms with E-state index in [9.17, 15) is 14.7 Å². The first kappa shape index (κ1) is 19.6. The number of phenolic OH excluding ortho intramolecular Hbond substituents is 2. The summed E-state index contributed by atoms with van der Waals surface area (Å²) in [5, 5.41) is 26.7. The predicted octanol–water partition coefficient (Wildman–Crippen LogP) is 2.71. The van der Waals surface area contributed by atoms with E-state index in [-0.39, 0.29) is 11.5 Å². The van der Waals surface area contributed by atoms with Gasteiger partial charge in [-0.3, -0.25) is 4.79 Å². The first-order valence-electron chi connectivity index (χ1n) is 7.01. The van der Waals surface area contributed by atoms with Gasteiger partial charge >= 0.3 is 5.97 Å². The highest BCUT2D eigenvalue weighted by molar-refractivity contribution is 5.85. The van der Waals surface area contributed by atoms with Gasteiger partial charge in [0, 0.05) is 11.6 Å². The van der Waals surface area contributed by atoms with Gasteiger partial charge in [0.05, 0.1) is 14.2 Å². The Morgan fingerprint density at radius 3 is 1.84 bits per heavy atom. The minimum atomic E-state index is -1.02. The molecule has 0 bridgehead atoms. The molecule has 0 heterocycles. The number of aldehydes is 1. The number of hydrogen-bond acceptors (Lipinski definition) is 6. The van der Waals surface area contributed by atoms with Gasteiger partial charge in [-0.15, -0.1) is 0 Å². The molecule has 3 N–H and O–H groups in total. The number of methoxy groups -OCH3 is 2. The lowest BCUT2D eigenvalue weighted by Gasteiger charge is -2.03. The van der Waals surface area contributed by atoms with Gasteiger partial charge in [0.2, 0.25) is 0 Å². The van der Waals surface area contributed by atoms with Crippen molar-refractivity contribution >= 4 is 18.3 Å². The fourth-order valence-corrected chi connectivity index (χ4v) is 1.73. The molecule has 132 valence electrons. The van der Waals surface area contributed by atoms with Gasteiger partial charge in [-0.05, 0) is 42.0 Å². The Hall–Kier alpha value is -3.48. The van der Waals surface area contributed by atoms with Gasteiger partial charge in [-0.1, -0.05) is 6.07 Å². The molecule has 0 amide bonds. The molecule has 2 aromatic carbocycles. The summed E-state index contributed by atoms with van der Waals surface area (Å²) < 4.78 is 9.64. The Balaban J connectivity index is 0.000000257. The van der Waals surface area contributed by atoms with Crippen LogP contribution in [-0.2, 0) is 4.79 Å². The van der Waals surface area contributed by atoms with Crippen molar-refractivity contribution in [3.8, 4) is 23.0 Å². The molecular weight excluding hydrogens is 328 g/mol. The van der Waals surface area contributed by atoms with Crippen molar-refractivity contribution < 1.29 is 34.4 Å². The minimum Gasteiger partial charge on any atom is -0.504 e. The van der Waals surface area contributed by atoms with Crippen molar-refractivity contribution in [3.05, 3.63) is 53.6 Å². The zero-order chi connectivity index (χ0) is 18.8. The third kappa shape index (κ3) is 6.26. The summed E-state index contributed by atoms with van der Waals surface area (Å²) in [6, 6.07) is 9.00.